The standard InChI is InChI=1S/C23H26F3N3O2S/c1-23(2,3)13-29-12-15(10-28-32(30,31)17-5-6-17)18-7-4-14(8-20(18)29)19-9-16(24)11-27-21(19)22(25)26/h4,7-9,11-12,17,22,28H,5-6,10,13H2,1-3H3. The summed E-state index contributed by atoms with van der Waals surface area (Å²) in [7, 11) is -3.34. The third-order valence-corrected chi connectivity index (χ3v) is 7.34. The van der Waals surface area contributed by atoms with Gasteiger partial charge in [-0.05, 0) is 41.5 Å². The van der Waals surface area contributed by atoms with Gasteiger partial charge in [-0.2, -0.15) is 0 Å². The second-order valence-electron chi connectivity index (χ2n) is 9.53. The Morgan fingerprint density at radius 2 is 1.94 bits per heavy atom. The zero-order chi connectivity index (χ0) is 23.3. The Morgan fingerprint density at radius 3 is 2.56 bits per heavy atom. The highest BCUT2D eigenvalue weighted by molar-refractivity contribution is 7.90. The van der Waals surface area contributed by atoms with Gasteiger partial charge < -0.3 is 4.57 Å². The molecule has 2 aromatic heterocycles. The number of nitrogens with zero attached hydrogens (tertiary/aromatic N) is 2. The molecule has 1 aliphatic rings. The van der Waals surface area contributed by atoms with Gasteiger partial charge in [0.15, 0.2) is 0 Å². The molecule has 0 bridgehead atoms. The number of benzene rings is 1. The number of nitrogens with one attached hydrogen (secondary N) is 1. The topological polar surface area (TPSA) is 64.0 Å². The molecule has 3 aromatic rings. The first-order valence-electron chi connectivity index (χ1n) is 10.5. The zero-order valence-electron chi connectivity index (χ0n) is 18.2. The molecule has 0 spiro atoms. The summed E-state index contributed by atoms with van der Waals surface area (Å²) in [6, 6.07) is 6.22. The van der Waals surface area contributed by atoms with Gasteiger partial charge in [0, 0.05) is 35.8 Å². The number of aromatic nitrogens is 2. The van der Waals surface area contributed by atoms with E-state index in [9.17, 15) is 21.6 Å². The molecule has 0 radical (unpaired) electrons. The largest absolute Gasteiger partial charge is 0.347 e. The zero-order valence-corrected chi connectivity index (χ0v) is 19.0. The lowest BCUT2D eigenvalue weighted by atomic mass is 9.96. The Hall–Kier alpha value is -2.39. The molecule has 1 saturated carbocycles. The lowest BCUT2D eigenvalue weighted by Crippen LogP contribution is -2.26. The van der Waals surface area contributed by atoms with Crippen LogP contribution >= 0.6 is 0 Å². The van der Waals surface area contributed by atoms with Crippen LogP contribution in [0.5, 0.6) is 0 Å². The van der Waals surface area contributed by atoms with Crippen LogP contribution in [0.25, 0.3) is 22.0 Å². The van der Waals surface area contributed by atoms with E-state index in [2.05, 4.69) is 30.5 Å². The van der Waals surface area contributed by atoms with Crippen molar-refractivity contribution < 1.29 is 21.6 Å². The minimum Gasteiger partial charge on any atom is -0.347 e. The molecule has 5 nitrogen and oxygen atoms in total. The van der Waals surface area contributed by atoms with Gasteiger partial charge in [0.05, 0.1) is 11.4 Å². The van der Waals surface area contributed by atoms with E-state index >= 15 is 0 Å². The molecular weight excluding hydrogens is 439 g/mol. The van der Waals surface area contributed by atoms with Crippen molar-refractivity contribution in [2.45, 2.75) is 58.4 Å². The van der Waals surface area contributed by atoms with Crippen LogP contribution < -0.4 is 4.72 Å². The number of halogens is 3. The number of sulfonamides is 1. The Bertz CT molecular complexity index is 1260. The van der Waals surface area contributed by atoms with Crippen molar-refractivity contribution in [3.8, 4) is 11.1 Å². The number of rotatable bonds is 7. The molecule has 0 saturated heterocycles. The van der Waals surface area contributed by atoms with E-state index in [0.717, 1.165) is 28.7 Å². The summed E-state index contributed by atoms with van der Waals surface area (Å²) >= 11 is 0. The highest BCUT2D eigenvalue weighted by Crippen LogP contribution is 2.34. The van der Waals surface area contributed by atoms with Gasteiger partial charge in [0.25, 0.3) is 6.43 Å². The van der Waals surface area contributed by atoms with Crippen LogP contribution in [0.3, 0.4) is 0 Å². The number of alkyl halides is 2. The average Bonchev–Trinajstić information content (AvgIpc) is 3.50. The smallest absolute Gasteiger partial charge is 0.280 e. The maximum Gasteiger partial charge on any atom is 0.280 e. The van der Waals surface area contributed by atoms with Gasteiger partial charge in [0.2, 0.25) is 10.0 Å². The molecule has 4 rings (SSSR count). The quantitative estimate of drug-likeness (QED) is 0.508. The fraction of sp³-hybridized carbons (Fsp3) is 0.435. The van der Waals surface area contributed by atoms with Crippen LogP contribution in [-0.4, -0.2) is 23.2 Å². The molecule has 1 aliphatic carbocycles. The molecule has 172 valence electrons. The van der Waals surface area contributed by atoms with Crippen LogP contribution in [-0.2, 0) is 23.1 Å². The van der Waals surface area contributed by atoms with Crippen LogP contribution in [0.15, 0.2) is 36.7 Å². The molecule has 1 fully saturated rings. The molecule has 0 aliphatic heterocycles. The number of hydrogen-bond acceptors (Lipinski definition) is 3. The summed E-state index contributed by atoms with van der Waals surface area (Å²) in [6.07, 6.45) is 1.20. The van der Waals surface area contributed by atoms with Crippen LogP contribution in [0.1, 0.15) is 51.3 Å². The van der Waals surface area contributed by atoms with Crippen LogP contribution in [0.2, 0.25) is 0 Å². The number of pyridine rings is 1. The van der Waals surface area contributed by atoms with E-state index in [-0.39, 0.29) is 22.8 Å². The van der Waals surface area contributed by atoms with Crippen molar-refractivity contribution in [2.75, 3.05) is 0 Å². The maximum atomic E-state index is 13.8. The van der Waals surface area contributed by atoms with Crippen molar-refractivity contribution in [1.82, 2.24) is 14.3 Å². The molecule has 9 heteroatoms. The van der Waals surface area contributed by atoms with Gasteiger partial charge >= 0.3 is 0 Å². The third kappa shape index (κ3) is 4.83. The third-order valence-electron chi connectivity index (χ3n) is 5.44. The number of fused-ring (bicyclic) bond motifs is 1. The summed E-state index contributed by atoms with van der Waals surface area (Å²) in [5.41, 5.74) is 1.48. The first kappa shape index (κ1) is 22.8. The van der Waals surface area contributed by atoms with Gasteiger partial charge in [-0.1, -0.05) is 32.9 Å². The molecule has 32 heavy (non-hydrogen) atoms. The Kier molecular flexibility index (Phi) is 5.83. The van der Waals surface area contributed by atoms with Crippen molar-refractivity contribution in [1.29, 1.82) is 0 Å². The normalized spacial score (nSPS) is 15.1. The van der Waals surface area contributed by atoms with Crippen LogP contribution in [0, 0.1) is 11.2 Å². The van der Waals surface area contributed by atoms with Gasteiger partial charge in [-0.15, -0.1) is 0 Å². The first-order valence-corrected chi connectivity index (χ1v) is 12.0. The van der Waals surface area contributed by atoms with Gasteiger partial charge in [0.1, 0.15) is 11.5 Å². The second-order valence-corrected chi connectivity index (χ2v) is 11.6. The minimum absolute atomic E-state index is 0.0430. The Balaban J connectivity index is 1.79. The predicted molar refractivity (Wildman–Crippen MR) is 118 cm³/mol. The number of hydrogen-bond donors (Lipinski definition) is 1. The summed E-state index contributed by atoms with van der Waals surface area (Å²) in [6.45, 7) is 7.00. The minimum atomic E-state index is -3.34. The summed E-state index contributed by atoms with van der Waals surface area (Å²) < 4.78 is 70.0. The lowest BCUT2D eigenvalue weighted by molar-refractivity contribution is 0.146. The van der Waals surface area contributed by atoms with Gasteiger partial charge in [-0.3, -0.25) is 4.98 Å². The van der Waals surface area contributed by atoms with E-state index < -0.39 is 28.0 Å². The van der Waals surface area contributed by atoms with E-state index in [4.69, 9.17) is 0 Å². The fourth-order valence-corrected chi connectivity index (χ4v) is 5.20. The average molecular weight is 466 g/mol. The SMILES string of the molecule is CC(C)(C)Cn1cc(CNS(=O)(=O)C2CC2)c2ccc(-c3cc(F)cnc3C(F)F)cc21. The maximum absolute atomic E-state index is 13.8. The fourth-order valence-electron chi connectivity index (χ4n) is 3.85. The summed E-state index contributed by atoms with van der Waals surface area (Å²) in [4.78, 5) is 3.59. The second kappa shape index (κ2) is 8.19. The Labute approximate surface area is 185 Å². The summed E-state index contributed by atoms with van der Waals surface area (Å²) in [5, 5.41) is 0.504. The molecule has 1 N–H and O–H groups in total. The van der Waals surface area contributed by atoms with Gasteiger partial charge in [-0.25, -0.2) is 26.3 Å². The monoisotopic (exact) mass is 465 g/mol. The predicted octanol–water partition coefficient (Wildman–Crippen LogP) is 5.41. The van der Waals surface area contributed by atoms with E-state index in [1.165, 1.54) is 0 Å². The van der Waals surface area contributed by atoms with E-state index in [1.54, 1.807) is 18.2 Å². The highest BCUT2D eigenvalue weighted by atomic mass is 32.2. The molecule has 0 unspecified atom stereocenters. The van der Waals surface area contributed by atoms with Crippen molar-refractivity contribution in [3.63, 3.8) is 0 Å². The van der Waals surface area contributed by atoms with Crippen molar-refractivity contribution >= 4 is 20.9 Å². The first-order chi connectivity index (χ1) is 14.9. The molecule has 2 heterocycles. The van der Waals surface area contributed by atoms with E-state index in [0.29, 0.717) is 24.9 Å². The lowest BCUT2D eigenvalue weighted by Gasteiger charge is -2.20. The van der Waals surface area contributed by atoms with Crippen molar-refractivity contribution in [2.24, 2.45) is 5.41 Å². The highest BCUT2D eigenvalue weighted by Gasteiger charge is 2.35. The van der Waals surface area contributed by atoms with E-state index in [1.807, 2.05) is 10.8 Å². The van der Waals surface area contributed by atoms with Crippen molar-refractivity contribution in [3.05, 3.63) is 53.7 Å². The summed E-state index contributed by atoms with van der Waals surface area (Å²) in [5.74, 6) is -0.690. The molecule has 0 amide bonds. The van der Waals surface area contributed by atoms with Crippen LogP contribution in [0.4, 0.5) is 13.2 Å². The molecule has 1 aromatic carbocycles. The molecule has 0 atom stereocenters. The molecular formula is C23H26F3N3O2S. The Morgan fingerprint density at radius 1 is 1.22 bits per heavy atom.